The minimum absolute atomic E-state index is 0.207. The van der Waals surface area contributed by atoms with Gasteiger partial charge in [0, 0.05) is 19.5 Å². The summed E-state index contributed by atoms with van der Waals surface area (Å²) in [6.07, 6.45) is -4.99. The predicted octanol–water partition coefficient (Wildman–Crippen LogP) is 2.28. The molecule has 0 aromatic heterocycles. The zero-order valence-electron chi connectivity index (χ0n) is 10.7. The molecule has 1 heterocycles. The van der Waals surface area contributed by atoms with E-state index in [0.717, 1.165) is 0 Å². The van der Waals surface area contributed by atoms with Gasteiger partial charge in [0.05, 0.1) is 17.2 Å². The Bertz CT molecular complexity index is 446. The molecule has 0 aromatic carbocycles. The molecule has 0 amide bonds. The fourth-order valence-electron chi connectivity index (χ4n) is 1.95. The molecule has 1 aliphatic rings. The van der Waals surface area contributed by atoms with Crippen LogP contribution in [0.15, 0.2) is 0 Å². The van der Waals surface area contributed by atoms with E-state index in [4.69, 9.17) is 5.26 Å². The molecule has 0 unspecified atom stereocenters. The Hall–Kier alpha value is -0.810. The highest BCUT2D eigenvalue weighted by Gasteiger charge is 2.35. The minimum atomic E-state index is -4.32. The summed E-state index contributed by atoms with van der Waals surface area (Å²) in [5.74, 6) is -0.490. The summed E-state index contributed by atoms with van der Waals surface area (Å²) in [4.78, 5) is 0. The first-order valence-corrected chi connectivity index (χ1v) is 7.65. The second-order valence-corrected chi connectivity index (χ2v) is 7.19. The van der Waals surface area contributed by atoms with Crippen molar-refractivity contribution in [1.82, 2.24) is 4.31 Å². The van der Waals surface area contributed by atoms with Crippen molar-refractivity contribution < 1.29 is 21.6 Å². The Balaban J connectivity index is 2.50. The SMILES string of the molecule is CC1(C#N)CCN(S(=O)(=O)CCCC(F)(F)F)CC1. The highest BCUT2D eigenvalue weighted by atomic mass is 32.2. The van der Waals surface area contributed by atoms with E-state index in [1.54, 1.807) is 6.92 Å². The third kappa shape index (κ3) is 4.99. The average molecular weight is 298 g/mol. The Labute approximate surface area is 111 Å². The van der Waals surface area contributed by atoms with Gasteiger partial charge in [0.2, 0.25) is 10.0 Å². The first-order chi connectivity index (χ1) is 8.58. The van der Waals surface area contributed by atoms with E-state index in [2.05, 4.69) is 6.07 Å². The largest absolute Gasteiger partial charge is 0.389 e. The number of hydrogen-bond donors (Lipinski definition) is 0. The zero-order valence-corrected chi connectivity index (χ0v) is 11.5. The number of piperidine rings is 1. The summed E-state index contributed by atoms with van der Waals surface area (Å²) < 4.78 is 60.8. The van der Waals surface area contributed by atoms with Gasteiger partial charge in [0.25, 0.3) is 0 Å². The molecule has 1 rings (SSSR count). The molecule has 110 valence electrons. The zero-order chi connectivity index (χ0) is 14.7. The van der Waals surface area contributed by atoms with Crippen molar-refractivity contribution in [2.45, 2.75) is 38.8 Å². The summed E-state index contributed by atoms with van der Waals surface area (Å²) in [5, 5.41) is 8.93. The van der Waals surface area contributed by atoms with Crippen LogP contribution in [0.25, 0.3) is 0 Å². The van der Waals surface area contributed by atoms with E-state index in [9.17, 15) is 21.6 Å². The molecule has 0 N–H and O–H groups in total. The van der Waals surface area contributed by atoms with Crippen LogP contribution in [0.5, 0.6) is 0 Å². The number of nitriles is 1. The number of sulfonamides is 1. The summed E-state index contributed by atoms with van der Waals surface area (Å²) in [6, 6.07) is 2.15. The summed E-state index contributed by atoms with van der Waals surface area (Å²) >= 11 is 0. The third-order valence-electron chi connectivity index (χ3n) is 3.35. The van der Waals surface area contributed by atoms with Crippen molar-refractivity contribution in [2.75, 3.05) is 18.8 Å². The van der Waals surface area contributed by atoms with Gasteiger partial charge in [-0.25, -0.2) is 12.7 Å². The van der Waals surface area contributed by atoms with E-state index >= 15 is 0 Å². The first kappa shape index (κ1) is 16.2. The average Bonchev–Trinajstić information content (AvgIpc) is 2.27. The van der Waals surface area contributed by atoms with Crippen molar-refractivity contribution in [3.8, 4) is 6.07 Å². The molecule has 0 bridgehead atoms. The van der Waals surface area contributed by atoms with Gasteiger partial charge in [-0.1, -0.05) is 0 Å². The minimum Gasteiger partial charge on any atom is -0.212 e. The van der Waals surface area contributed by atoms with Gasteiger partial charge in [0.15, 0.2) is 0 Å². The van der Waals surface area contributed by atoms with E-state index in [-0.39, 0.29) is 13.1 Å². The lowest BCUT2D eigenvalue weighted by atomic mass is 9.83. The highest BCUT2D eigenvalue weighted by molar-refractivity contribution is 7.89. The molecule has 0 aliphatic carbocycles. The van der Waals surface area contributed by atoms with Gasteiger partial charge in [-0.05, 0) is 26.2 Å². The van der Waals surface area contributed by atoms with Crippen molar-refractivity contribution in [2.24, 2.45) is 5.41 Å². The van der Waals surface area contributed by atoms with Crippen LogP contribution in [0.1, 0.15) is 32.6 Å². The molecule has 0 radical (unpaired) electrons. The molecular weight excluding hydrogens is 281 g/mol. The number of hydrogen-bond acceptors (Lipinski definition) is 3. The lowest BCUT2D eigenvalue weighted by Crippen LogP contribution is -2.42. The van der Waals surface area contributed by atoms with Gasteiger partial charge in [0.1, 0.15) is 0 Å². The third-order valence-corrected chi connectivity index (χ3v) is 5.31. The molecular formula is C11H17F3N2O2S. The van der Waals surface area contributed by atoms with Crippen molar-refractivity contribution >= 4 is 10.0 Å². The monoisotopic (exact) mass is 298 g/mol. The lowest BCUT2D eigenvalue weighted by Gasteiger charge is -2.34. The number of halogens is 3. The molecule has 0 spiro atoms. The Morgan fingerprint density at radius 2 is 1.84 bits per heavy atom. The molecule has 4 nitrogen and oxygen atoms in total. The Morgan fingerprint density at radius 1 is 1.32 bits per heavy atom. The first-order valence-electron chi connectivity index (χ1n) is 6.04. The Kier molecular flexibility index (Phi) is 4.85. The van der Waals surface area contributed by atoms with Crippen LogP contribution in [0.3, 0.4) is 0 Å². The summed E-state index contributed by atoms with van der Waals surface area (Å²) in [7, 11) is -3.64. The number of rotatable bonds is 4. The van der Waals surface area contributed by atoms with Gasteiger partial charge in [-0.3, -0.25) is 0 Å². The maximum atomic E-state index is 12.0. The van der Waals surface area contributed by atoms with Crippen LogP contribution < -0.4 is 0 Å². The van der Waals surface area contributed by atoms with Crippen LogP contribution in [-0.4, -0.2) is 37.7 Å². The molecule has 0 saturated carbocycles. The molecule has 1 aliphatic heterocycles. The smallest absolute Gasteiger partial charge is 0.212 e. The Morgan fingerprint density at radius 3 is 2.26 bits per heavy atom. The second-order valence-electron chi connectivity index (χ2n) is 5.11. The van der Waals surface area contributed by atoms with Crippen molar-refractivity contribution in [1.29, 1.82) is 5.26 Å². The van der Waals surface area contributed by atoms with Gasteiger partial charge >= 0.3 is 6.18 Å². The fourth-order valence-corrected chi connectivity index (χ4v) is 3.46. The van der Waals surface area contributed by atoms with Gasteiger partial charge in [-0.15, -0.1) is 0 Å². The van der Waals surface area contributed by atoms with Crippen LogP contribution in [0, 0.1) is 16.7 Å². The molecule has 0 aromatic rings. The van der Waals surface area contributed by atoms with Gasteiger partial charge < -0.3 is 0 Å². The lowest BCUT2D eigenvalue weighted by molar-refractivity contribution is -0.134. The van der Waals surface area contributed by atoms with E-state index in [1.807, 2.05) is 0 Å². The second kappa shape index (κ2) is 5.67. The van der Waals surface area contributed by atoms with Crippen LogP contribution in [0.2, 0.25) is 0 Å². The topological polar surface area (TPSA) is 61.2 Å². The van der Waals surface area contributed by atoms with Crippen molar-refractivity contribution in [3.05, 3.63) is 0 Å². The summed E-state index contributed by atoms with van der Waals surface area (Å²) in [6.45, 7) is 2.18. The normalized spacial score (nSPS) is 21.0. The molecule has 1 saturated heterocycles. The fraction of sp³-hybridized carbons (Fsp3) is 0.909. The maximum Gasteiger partial charge on any atom is 0.389 e. The number of nitrogens with zero attached hydrogens (tertiary/aromatic N) is 2. The summed E-state index contributed by atoms with van der Waals surface area (Å²) in [5.41, 5.74) is -0.530. The van der Waals surface area contributed by atoms with Gasteiger partial charge in [-0.2, -0.15) is 18.4 Å². The predicted molar refractivity (Wildman–Crippen MR) is 63.6 cm³/mol. The van der Waals surface area contributed by atoms with Crippen LogP contribution in [-0.2, 0) is 10.0 Å². The standard InChI is InChI=1S/C11H17F3N2O2S/c1-10(9-15)4-6-16(7-5-10)19(17,18)8-2-3-11(12,13)14/h2-8H2,1H3. The van der Waals surface area contributed by atoms with Crippen LogP contribution >= 0.6 is 0 Å². The molecule has 8 heteroatoms. The van der Waals surface area contributed by atoms with Crippen molar-refractivity contribution in [3.63, 3.8) is 0 Å². The molecule has 19 heavy (non-hydrogen) atoms. The van der Waals surface area contributed by atoms with E-state index in [0.29, 0.717) is 12.8 Å². The quantitative estimate of drug-likeness (QED) is 0.800. The molecule has 1 fully saturated rings. The maximum absolute atomic E-state index is 12.0. The van der Waals surface area contributed by atoms with Crippen LogP contribution in [0.4, 0.5) is 13.2 Å². The number of alkyl halides is 3. The van der Waals surface area contributed by atoms with E-state index in [1.165, 1.54) is 4.31 Å². The highest BCUT2D eigenvalue weighted by Crippen LogP contribution is 2.31. The molecule has 0 atom stereocenters. The van der Waals surface area contributed by atoms with E-state index < -0.39 is 40.2 Å².